The van der Waals surface area contributed by atoms with E-state index in [0.29, 0.717) is 23.1 Å². The Balaban J connectivity index is 4.73. The van der Waals surface area contributed by atoms with Crippen molar-refractivity contribution >= 4 is 7.85 Å². The molecule has 0 aromatic rings. The Morgan fingerprint density at radius 2 is 1.38 bits per heavy atom. The van der Waals surface area contributed by atoms with Crippen molar-refractivity contribution in [3.8, 4) is 0 Å². The highest BCUT2D eigenvalue weighted by Gasteiger charge is 2.36. The minimum atomic E-state index is 0.270. The smallest absolute Gasteiger partial charge is 0.0707 e. The molecule has 16 heavy (non-hydrogen) atoms. The summed E-state index contributed by atoms with van der Waals surface area (Å²) in [5.41, 5.74) is 0.608. The van der Waals surface area contributed by atoms with Crippen molar-refractivity contribution in [2.24, 2.45) is 22.7 Å². The zero-order chi connectivity index (χ0) is 13.1. The van der Waals surface area contributed by atoms with Gasteiger partial charge in [0.2, 0.25) is 0 Å². The molecular formula is C15H31B. The van der Waals surface area contributed by atoms with Gasteiger partial charge in [0.25, 0.3) is 0 Å². The van der Waals surface area contributed by atoms with Gasteiger partial charge in [0.15, 0.2) is 0 Å². The van der Waals surface area contributed by atoms with Gasteiger partial charge < -0.3 is 0 Å². The lowest BCUT2D eigenvalue weighted by Gasteiger charge is -2.44. The molecule has 94 valence electrons. The Labute approximate surface area is 105 Å². The van der Waals surface area contributed by atoms with Gasteiger partial charge in [-0.1, -0.05) is 74.0 Å². The highest BCUT2D eigenvalue weighted by atomic mass is 14.4. The van der Waals surface area contributed by atoms with Gasteiger partial charge in [-0.3, -0.25) is 0 Å². The predicted molar refractivity (Wildman–Crippen MR) is 76.0 cm³/mol. The SMILES string of the molecule is [B]C(CC(C)(C)C(C)C)C(C)(CC)C(C)C. The Bertz CT molecular complexity index is 205. The topological polar surface area (TPSA) is 0 Å². The highest BCUT2D eigenvalue weighted by molar-refractivity contribution is 6.12. The Kier molecular flexibility index (Phi) is 5.62. The van der Waals surface area contributed by atoms with E-state index in [4.69, 9.17) is 7.85 Å². The Hall–Kier alpha value is 0.0649. The van der Waals surface area contributed by atoms with Gasteiger partial charge in [-0.15, -0.1) is 0 Å². The van der Waals surface area contributed by atoms with Crippen LogP contribution in [0.15, 0.2) is 0 Å². The molecule has 0 aliphatic rings. The molecule has 0 aliphatic carbocycles. The summed E-state index contributed by atoms with van der Waals surface area (Å²) >= 11 is 0. The van der Waals surface area contributed by atoms with Gasteiger partial charge in [0.1, 0.15) is 0 Å². The molecule has 0 nitrogen and oxygen atoms in total. The summed E-state index contributed by atoms with van der Waals surface area (Å²) in [5, 5.41) is 0. The fourth-order valence-corrected chi connectivity index (χ4v) is 2.13. The molecule has 0 aliphatic heterocycles. The molecule has 0 aromatic heterocycles. The van der Waals surface area contributed by atoms with Crippen LogP contribution in [-0.2, 0) is 0 Å². The van der Waals surface area contributed by atoms with Crippen LogP contribution in [0.1, 0.15) is 68.2 Å². The molecule has 0 aromatic carbocycles. The van der Waals surface area contributed by atoms with E-state index in [2.05, 4.69) is 55.4 Å². The highest BCUT2D eigenvalue weighted by Crippen LogP contribution is 2.47. The summed E-state index contributed by atoms with van der Waals surface area (Å²) in [4.78, 5) is 0. The van der Waals surface area contributed by atoms with Crippen LogP contribution < -0.4 is 0 Å². The molecule has 0 rings (SSSR count). The fourth-order valence-electron chi connectivity index (χ4n) is 2.13. The van der Waals surface area contributed by atoms with E-state index >= 15 is 0 Å². The molecular weight excluding hydrogens is 191 g/mol. The Morgan fingerprint density at radius 3 is 1.62 bits per heavy atom. The van der Waals surface area contributed by atoms with E-state index in [1.807, 2.05) is 0 Å². The molecule has 1 heteroatoms. The first-order chi connectivity index (χ1) is 7.08. The van der Waals surface area contributed by atoms with Crippen LogP contribution in [0.3, 0.4) is 0 Å². The number of hydrogen-bond donors (Lipinski definition) is 0. The third kappa shape index (κ3) is 3.53. The van der Waals surface area contributed by atoms with Crippen molar-refractivity contribution in [1.82, 2.24) is 0 Å². The maximum Gasteiger partial charge on any atom is 0.0707 e. The number of hydrogen-bond acceptors (Lipinski definition) is 0. The first kappa shape index (κ1) is 16.1. The Morgan fingerprint density at radius 1 is 0.938 bits per heavy atom. The second kappa shape index (κ2) is 5.60. The molecule has 2 atom stereocenters. The summed E-state index contributed by atoms with van der Waals surface area (Å²) in [6, 6.07) is 0. The van der Waals surface area contributed by atoms with Crippen LogP contribution in [0, 0.1) is 22.7 Å². The van der Waals surface area contributed by atoms with E-state index in [1.54, 1.807) is 0 Å². The lowest BCUT2D eigenvalue weighted by molar-refractivity contribution is 0.131. The molecule has 2 radical (unpaired) electrons. The third-order valence-corrected chi connectivity index (χ3v) is 5.24. The van der Waals surface area contributed by atoms with Crippen molar-refractivity contribution in [3.05, 3.63) is 0 Å². The molecule has 0 N–H and O–H groups in total. The van der Waals surface area contributed by atoms with Crippen molar-refractivity contribution in [2.75, 3.05) is 0 Å². The molecule has 2 unspecified atom stereocenters. The fraction of sp³-hybridized carbons (Fsp3) is 1.00. The second-order valence-corrected chi connectivity index (χ2v) is 6.97. The van der Waals surface area contributed by atoms with Gasteiger partial charge in [0.05, 0.1) is 7.85 Å². The van der Waals surface area contributed by atoms with Crippen molar-refractivity contribution in [2.45, 2.75) is 74.0 Å². The zero-order valence-electron chi connectivity index (χ0n) is 12.7. The van der Waals surface area contributed by atoms with Crippen molar-refractivity contribution in [3.63, 3.8) is 0 Å². The quantitative estimate of drug-likeness (QED) is 0.549. The predicted octanol–water partition coefficient (Wildman–Crippen LogP) is 5.09. The van der Waals surface area contributed by atoms with Crippen LogP contribution in [0.5, 0.6) is 0 Å². The van der Waals surface area contributed by atoms with Gasteiger partial charge in [0, 0.05) is 0 Å². The summed E-state index contributed by atoms with van der Waals surface area (Å²) < 4.78 is 0. The summed E-state index contributed by atoms with van der Waals surface area (Å²) in [6.07, 6.45) is 2.28. The van der Waals surface area contributed by atoms with E-state index in [-0.39, 0.29) is 5.41 Å². The summed E-state index contributed by atoms with van der Waals surface area (Å²) in [6.45, 7) is 18.5. The van der Waals surface area contributed by atoms with Crippen molar-refractivity contribution in [1.29, 1.82) is 0 Å². The van der Waals surface area contributed by atoms with Crippen LogP contribution in [0.25, 0.3) is 0 Å². The molecule has 0 fully saturated rings. The normalized spacial score (nSPS) is 18.9. The van der Waals surface area contributed by atoms with E-state index in [1.165, 1.54) is 6.42 Å². The summed E-state index contributed by atoms with van der Waals surface area (Å²) in [5.74, 6) is 1.64. The standard InChI is InChI=1S/C15H31B/c1-9-15(8,12(4)5)13(16)10-14(6,7)11(2)3/h11-13H,9-10H2,1-8H3. The van der Waals surface area contributed by atoms with Crippen LogP contribution in [0.2, 0.25) is 5.82 Å². The largest absolute Gasteiger partial charge is 0.0713 e. The van der Waals surface area contributed by atoms with Gasteiger partial charge in [-0.05, 0) is 22.7 Å². The van der Waals surface area contributed by atoms with Crippen LogP contribution in [0.4, 0.5) is 0 Å². The minimum Gasteiger partial charge on any atom is -0.0713 e. The molecule has 0 saturated carbocycles. The van der Waals surface area contributed by atoms with E-state index in [0.717, 1.165) is 6.42 Å². The lowest BCUT2D eigenvalue weighted by atomic mass is 9.54. The van der Waals surface area contributed by atoms with Crippen molar-refractivity contribution < 1.29 is 0 Å². The summed E-state index contributed by atoms with van der Waals surface area (Å²) in [7, 11) is 6.49. The molecule has 0 spiro atoms. The third-order valence-electron chi connectivity index (χ3n) is 5.24. The molecule has 0 saturated heterocycles. The molecule has 0 amide bonds. The van der Waals surface area contributed by atoms with E-state index < -0.39 is 0 Å². The second-order valence-electron chi connectivity index (χ2n) is 6.97. The zero-order valence-corrected chi connectivity index (χ0v) is 12.7. The average Bonchev–Trinajstić information content (AvgIpc) is 2.14. The lowest BCUT2D eigenvalue weighted by Crippen LogP contribution is -2.33. The van der Waals surface area contributed by atoms with Crippen LogP contribution >= 0.6 is 0 Å². The van der Waals surface area contributed by atoms with Gasteiger partial charge >= 0.3 is 0 Å². The number of rotatable bonds is 6. The molecule has 0 bridgehead atoms. The van der Waals surface area contributed by atoms with Crippen LogP contribution in [-0.4, -0.2) is 7.85 Å². The van der Waals surface area contributed by atoms with Gasteiger partial charge in [-0.2, -0.15) is 0 Å². The first-order valence-corrected chi connectivity index (χ1v) is 6.83. The first-order valence-electron chi connectivity index (χ1n) is 6.83. The minimum absolute atomic E-state index is 0.270. The maximum absolute atomic E-state index is 6.49. The monoisotopic (exact) mass is 222 g/mol. The van der Waals surface area contributed by atoms with E-state index in [9.17, 15) is 0 Å². The molecule has 0 heterocycles. The van der Waals surface area contributed by atoms with Gasteiger partial charge in [-0.25, -0.2) is 0 Å². The average molecular weight is 222 g/mol. The maximum atomic E-state index is 6.49.